The summed E-state index contributed by atoms with van der Waals surface area (Å²) in [6, 6.07) is 21.3. The molecular weight excluding hydrogens is 435 g/mol. The van der Waals surface area contributed by atoms with Crippen LogP contribution in [0.2, 0.25) is 0 Å². The van der Waals surface area contributed by atoms with Gasteiger partial charge in [-0.05, 0) is 41.5 Å². The number of carbonyl (C=O) groups is 1. The summed E-state index contributed by atoms with van der Waals surface area (Å²) in [5.74, 6) is 0.455. The van der Waals surface area contributed by atoms with Crippen LogP contribution in [0.4, 0.5) is 4.39 Å². The number of rotatable bonds is 9. The van der Waals surface area contributed by atoms with Gasteiger partial charge >= 0.3 is 0 Å². The average Bonchev–Trinajstić information content (AvgIpc) is 3.35. The van der Waals surface area contributed by atoms with Gasteiger partial charge in [-0.2, -0.15) is 0 Å². The molecule has 0 saturated heterocycles. The Morgan fingerprint density at radius 3 is 2.65 bits per heavy atom. The van der Waals surface area contributed by atoms with Gasteiger partial charge in [0, 0.05) is 12.6 Å². The highest BCUT2D eigenvalue weighted by atomic mass is 19.1. The van der Waals surface area contributed by atoms with E-state index in [-0.39, 0.29) is 18.3 Å². The molecule has 0 aliphatic rings. The fourth-order valence-electron chi connectivity index (χ4n) is 3.20. The maximum Gasteiger partial charge on any atom is 0.244 e. The number of hydrogen-bond acceptors (Lipinski definition) is 5. The predicted molar refractivity (Wildman–Crippen MR) is 126 cm³/mol. The molecule has 0 fully saturated rings. The quantitative estimate of drug-likeness (QED) is 0.378. The molecule has 172 valence electrons. The Morgan fingerprint density at radius 1 is 1.06 bits per heavy atom. The van der Waals surface area contributed by atoms with Crippen molar-refractivity contribution >= 4 is 12.0 Å². The number of para-hydroxylation sites is 1. The number of amides is 1. The van der Waals surface area contributed by atoms with Gasteiger partial charge in [0.15, 0.2) is 11.5 Å². The Hall–Kier alpha value is -4.46. The van der Waals surface area contributed by atoms with Crippen molar-refractivity contribution in [3.8, 4) is 17.2 Å². The van der Waals surface area contributed by atoms with E-state index in [1.807, 2.05) is 36.4 Å². The Bertz CT molecular complexity index is 1290. The second-order valence-electron chi connectivity index (χ2n) is 7.34. The van der Waals surface area contributed by atoms with Crippen molar-refractivity contribution < 1.29 is 18.7 Å². The number of aromatic nitrogens is 3. The van der Waals surface area contributed by atoms with Crippen molar-refractivity contribution in [2.75, 3.05) is 7.11 Å². The van der Waals surface area contributed by atoms with Gasteiger partial charge in [0.2, 0.25) is 5.91 Å². The zero-order valence-corrected chi connectivity index (χ0v) is 18.5. The van der Waals surface area contributed by atoms with E-state index in [2.05, 4.69) is 15.6 Å². The average molecular weight is 458 g/mol. The van der Waals surface area contributed by atoms with Crippen LogP contribution in [0, 0.1) is 5.82 Å². The monoisotopic (exact) mass is 458 g/mol. The van der Waals surface area contributed by atoms with Gasteiger partial charge in [-0.15, -0.1) is 5.10 Å². The smallest absolute Gasteiger partial charge is 0.244 e. The normalized spacial score (nSPS) is 10.9. The molecule has 0 bridgehead atoms. The van der Waals surface area contributed by atoms with Crippen molar-refractivity contribution in [3.63, 3.8) is 0 Å². The van der Waals surface area contributed by atoms with E-state index in [0.29, 0.717) is 29.4 Å². The van der Waals surface area contributed by atoms with Gasteiger partial charge in [-0.3, -0.25) is 4.79 Å². The zero-order valence-electron chi connectivity index (χ0n) is 18.5. The molecule has 4 rings (SSSR count). The molecule has 8 heteroatoms. The number of ether oxygens (including phenoxy) is 2. The molecule has 0 radical (unpaired) electrons. The van der Waals surface area contributed by atoms with Crippen molar-refractivity contribution in [1.82, 2.24) is 20.3 Å². The first-order chi connectivity index (χ1) is 16.6. The number of carbonyl (C=O) groups excluding carboxylic acids is 1. The third-order valence-corrected chi connectivity index (χ3v) is 4.94. The highest BCUT2D eigenvalue weighted by molar-refractivity contribution is 5.91. The van der Waals surface area contributed by atoms with E-state index in [0.717, 1.165) is 11.1 Å². The lowest BCUT2D eigenvalue weighted by atomic mass is 10.2. The van der Waals surface area contributed by atoms with E-state index in [9.17, 15) is 9.18 Å². The molecule has 0 saturated carbocycles. The summed E-state index contributed by atoms with van der Waals surface area (Å²) in [7, 11) is 1.54. The van der Waals surface area contributed by atoms with Gasteiger partial charge < -0.3 is 14.8 Å². The third-order valence-electron chi connectivity index (χ3n) is 4.94. The van der Waals surface area contributed by atoms with Crippen LogP contribution >= 0.6 is 0 Å². The lowest BCUT2D eigenvalue weighted by Gasteiger charge is -2.11. The third kappa shape index (κ3) is 5.86. The summed E-state index contributed by atoms with van der Waals surface area (Å²) >= 11 is 0. The molecule has 1 N–H and O–H groups in total. The molecule has 34 heavy (non-hydrogen) atoms. The number of halogens is 1. The van der Waals surface area contributed by atoms with Crippen LogP contribution in [0.25, 0.3) is 11.8 Å². The summed E-state index contributed by atoms with van der Waals surface area (Å²) < 4.78 is 26.6. The molecule has 1 aromatic heterocycles. The first-order valence-corrected chi connectivity index (χ1v) is 10.6. The van der Waals surface area contributed by atoms with Gasteiger partial charge in [0.05, 0.1) is 13.3 Å². The van der Waals surface area contributed by atoms with E-state index in [4.69, 9.17) is 9.47 Å². The number of nitrogens with one attached hydrogen (secondary N) is 1. The van der Waals surface area contributed by atoms with E-state index < -0.39 is 0 Å². The van der Waals surface area contributed by atoms with E-state index in [1.165, 1.54) is 16.8 Å². The van der Waals surface area contributed by atoms with Gasteiger partial charge in [0.1, 0.15) is 23.8 Å². The molecule has 7 nitrogen and oxygen atoms in total. The van der Waals surface area contributed by atoms with E-state index in [1.54, 1.807) is 49.7 Å². The minimum Gasteiger partial charge on any atom is -0.493 e. The Morgan fingerprint density at radius 2 is 1.85 bits per heavy atom. The van der Waals surface area contributed by atoms with E-state index >= 15 is 0 Å². The van der Waals surface area contributed by atoms with Crippen LogP contribution in [0.15, 0.2) is 85.1 Å². The second kappa shape index (κ2) is 10.9. The molecule has 0 atom stereocenters. The number of methoxy groups -OCH3 is 1. The summed E-state index contributed by atoms with van der Waals surface area (Å²) in [5.41, 5.74) is 2.65. The van der Waals surface area contributed by atoms with Crippen LogP contribution < -0.4 is 14.8 Å². The molecule has 0 spiro atoms. The SMILES string of the molecule is COc1cc(CNC(=O)/C=C/c2ccccc2)ccc1OCc1cn(-c2ccccc2F)nn1. The van der Waals surface area contributed by atoms with Crippen molar-refractivity contribution in [2.45, 2.75) is 13.2 Å². The molecule has 0 aliphatic carbocycles. The Balaban J connectivity index is 1.34. The predicted octanol–water partition coefficient (Wildman–Crippen LogP) is 4.32. The van der Waals surface area contributed by atoms with Crippen LogP contribution in [-0.4, -0.2) is 28.0 Å². The van der Waals surface area contributed by atoms with Crippen molar-refractivity contribution in [3.05, 3.63) is 108 Å². The fourth-order valence-corrected chi connectivity index (χ4v) is 3.20. The minimum atomic E-state index is -0.389. The number of nitrogens with zero attached hydrogens (tertiary/aromatic N) is 3. The maximum absolute atomic E-state index is 13.9. The first-order valence-electron chi connectivity index (χ1n) is 10.6. The standard InChI is InChI=1S/C26H23FN4O3/c1-33-25-15-20(16-28-26(32)14-12-19-7-3-2-4-8-19)11-13-24(25)34-18-21-17-31(30-29-21)23-10-6-5-9-22(23)27/h2-15,17H,16,18H2,1H3,(H,28,32)/b14-12+. The Kier molecular flexibility index (Phi) is 7.29. The van der Waals surface area contributed by atoms with Crippen molar-refractivity contribution in [2.24, 2.45) is 0 Å². The molecule has 4 aromatic rings. The fraction of sp³-hybridized carbons (Fsp3) is 0.115. The maximum atomic E-state index is 13.9. The number of benzene rings is 3. The topological polar surface area (TPSA) is 78.3 Å². The molecular formula is C26H23FN4O3. The zero-order chi connectivity index (χ0) is 23.8. The molecule has 0 unspecified atom stereocenters. The summed E-state index contributed by atoms with van der Waals surface area (Å²) in [6.07, 6.45) is 4.87. The minimum absolute atomic E-state index is 0.130. The lowest BCUT2D eigenvalue weighted by Crippen LogP contribution is -2.20. The largest absolute Gasteiger partial charge is 0.493 e. The van der Waals surface area contributed by atoms with Gasteiger partial charge in [0.25, 0.3) is 0 Å². The van der Waals surface area contributed by atoms with Crippen LogP contribution in [0.5, 0.6) is 11.5 Å². The first kappa shape index (κ1) is 22.7. The molecule has 1 heterocycles. The van der Waals surface area contributed by atoms with Crippen molar-refractivity contribution in [1.29, 1.82) is 0 Å². The summed E-state index contributed by atoms with van der Waals surface area (Å²) in [5, 5.41) is 10.8. The van der Waals surface area contributed by atoms with Crippen LogP contribution in [0.1, 0.15) is 16.8 Å². The summed E-state index contributed by atoms with van der Waals surface area (Å²) in [6.45, 7) is 0.469. The Labute approximate surface area is 196 Å². The van der Waals surface area contributed by atoms with Crippen LogP contribution in [-0.2, 0) is 17.9 Å². The molecule has 3 aromatic carbocycles. The highest BCUT2D eigenvalue weighted by Crippen LogP contribution is 2.28. The van der Waals surface area contributed by atoms with Crippen LogP contribution in [0.3, 0.4) is 0 Å². The lowest BCUT2D eigenvalue weighted by molar-refractivity contribution is -0.116. The van der Waals surface area contributed by atoms with Gasteiger partial charge in [-0.25, -0.2) is 9.07 Å². The molecule has 0 aliphatic heterocycles. The molecule has 1 amide bonds. The second-order valence-corrected chi connectivity index (χ2v) is 7.34. The summed E-state index contributed by atoms with van der Waals surface area (Å²) in [4.78, 5) is 12.1. The van der Waals surface area contributed by atoms with Gasteiger partial charge in [-0.1, -0.05) is 53.7 Å². The highest BCUT2D eigenvalue weighted by Gasteiger charge is 2.10. The number of hydrogen-bond donors (Lipinski definition) is 1.